The van der Waals surface area contributed by atoms with Gasteiger partial charge in [-0.3, -0.25) is 0 Å². The quantitative estimate of drug-likeness (QED) is 0.748. The van der Waals surface area contributed by atoms with Crippen LogP contribution < -0.4 is 5.32 Å². The average Bonchev–Trinajstić information content (AvgIpc) is 2.19. The molecule has 0 spiro atoms. The van der Waals surface area contributed by atoms with Crippen LogP contribution in [0.1, 0.15) is 24.3 Å². The lowest BCUT2D eigenvalue weighted by Crippen LogP contribution is -2.26. The monoisotopic (exact) mass is 211 g/mol. The SMILES string of the molecule is Oc1ccc(C2CCNCC2)c(Cl)c1. The van der Waals surface area contributed by atoms with E-state index in [1.54, 1.807) is 12.1 Å². The average molecular weight is 212 g/mol. The molecule has 0 atom stereocenters. The number of nitrogens with one attached hydrogen (secondary N) is 1. The van der Waals surface area contributed by atoms with Gasteiger partial charge < -0.3 is 10.4 Å². The van der Waals surface area contributed by atoms with E-state index in [0.717, 1.165) is 25.9 Å². The Morgan fingerprint density at radius 2 is 2.00 bits per heavy atom. The van der Waals surface area contributed by atoms with E-state index < -0.39 is 0 Å². The van der Waals surface area contributed by atoms with Crippen molar-refractivity contribution in [3.8, 4) is 5.75 Å². The summed E-state index contributed by atoms with van der Waals surface area (Å²) in [6, 6.07) is 5.27. The van der Waals surface area contributed by atoms with Crippen molar-refractivity contribution in [3.63, 3.8) is 0 Å². The summed E-state index contributed by atoms with van der Waals surface area (Å²) in [7, 11) is 0. The molecule has 14 heavy (non-hydrogen) atoms. The minimum Gasteiger partial charge on any atom is -0.508 e. The number of phenolic OH excluding ortho intramolecular Hbond substituents is 1. The molecule has 2 nitrogen and oxygen atoms in total. The number of aromatic hydroxyl groups is 1. The summed E-state index contributed by atoms with van der Waals surface area (Å²) in [6.07, 6.45) is 2.26. The highest BCUT2D eigenvalue weighted by Gasteiger charge is 2.17. The van der Waals surface area contributed by atoms with E-state index in [1.807, 2.05) is 6.07 Å². The van der Waals surface area contributed by atoms with Gasteiger partial charge in [-0.1, -0.05) is 17.7 Å². The van der Waals surface area contributed by atoms with Gasteiger partial charge in [0.1, 0.15) is 5.75 Å². The molecule has 1 fully saturated rings. The van der Waals surface area contributed by atoms with Gasteiger partial charge in [0, 0.05) is 5.02 Å². The van der Waals surface area contributed by atoms with Crippen LogP contribution in [0.4, 0.5) is 0 Å². The van der Waals surface area contributed by atoms with Crippen LogP contribution in [-0.2, 0) is 0 Å². The molecule has 0 aliphatic carbocycles. The molecule has 0 radical (unpaired) electrons. The molecule has 2 rings (SSSR count). The lowest BCUT2D eigenvalue weighted by Gasteiger charge is -2.23. The molecule has 3 heteroatoms. The summed E-state index contributed by atoms with van der Waals surface area (Å²) in [6.45, 7) is 2.11. The van der Waals surface area contributed by atoms with Crippen LogP contribution in [0, 0.1) is 0 Å². The minimum atomic E-state index is 0.243. The first-order valence-corrected chi connectivity index (χ1v) is 5.34. The van der Waals surface area contributed by atoms with Gasteiger partial charge >= 0.3 is 0 Å². The first-order chi connectivity index (χ1) is 6.77. The molecule has 1 aromatic rings. The van der Waals surface area contributed by atoms with Crippen molar-refractivity contribution in [2.75, 3.05) is 13.1 Å². The summed E-state index contributed by atoms with van der Waals surface area (Å²) in [4.78, 5) is 0. The molecular weight excluding hydrogens is 198 g/mol. The third-order valence-electron chi connectivity index (χ3n) is 2.76. The van der Waals surface area contributed by atoms with E-state index in [-0.39, 0.29) is 5.75 Å². The van der Waals surface area contributed by atoms with Crippen LogP contribution in [0.15, 0.2) is 18.2 Å². The number of piperidine rings is 1. The van der Waals surface area contributed by atoms with Crippen molar-refractivity contribution in [1.82, 2.24) is 5.32 Å². The van der Waals surface area contributed by atoms with Gasteiger partial charge in [0.2, 0.25) is 0 Å². The second-order valence-corrected chi connectivity index (χ2v) is 4.14. The van der Waals surface area contributed by atoms with Crippen LogP contribution in [0.2, 0.25) is 5.02 Å². The molecule has 0 amide bonds. The largest absolute Gasteiger partial charge is 0.508 e. The normalized spacial score (nSPS) is 18.4. The molecule has 1 saturated heterocycles. The Bertz CT molecular complexity index is 321. The molecule has 1 aliphatic rings. The van der Waals surface area contributed by atoms with Crippen LogP contribution >= 0.6 is 11.6 Å². The maximum absolute atomic E-state index is 9.24. The summed E-state index contributed by atoms with van der Waals surface area (Å²) in [5.41, 5.74) is 1.17. The lowest BCUT2D eigenvalue weighted by atomic mass is 9.90. The van der Waals surface area contributed by atoms with E-state index in [2.05, 4.69) is 5.32 Å². The zero-order valence-electron chi connectivity index (χ0n) is 7.96. The van der Waals surface area contributed by atoms with Gasteiger partial charge in [-0.05, 0) is 49.5 Å². The van der Waals surface area contributed by atoms with Gasteiger partial charge in [0.05, 0.1) is 0 Å². The maximum Gasteiger partial charge on any atom is 0.117 e. The number of rotatable bonds is 1. The standard InChI is InChI=1S/C11H14ClNO/c12-11-7-9(14)1-2-10(11)8-3-5-13-6-4-8/h1-2,7-8,13-14H,3-6H2. The molecule has 0 bridgehead atoms. The third kappa shape index (κ3) is 2.02. The first kappa shape index (κ1) is 9.81. The Kier molecular flexibility index (Phi) is 2.94. The van der Waals surface area contributed by atoms with Crippen molar-refractivity contribution in [2.24, 2.45) is 0 Å². The van der Waals surface area contributed by atoms with E-state index >= 15 is 0 Å². The van der Waals surface area contributed by atoms with Crippen molar-refractivity contribution >= 4 is 11.6 Å². The summed E-state index contributed by atoms with van der Waals surface area (Å²) in [5.74, 6) is 0.789. The van der Waals surface area contributed by atoms with Gasteiger partial charge in [-0.15, -0.1) is 0 Å². The van der Waals surface area contributed by atoms with E-state index in [1.165, 1.54) is 5.56 Å². The number of benzene rings is 1. The molecule has 0 saturated carbocycles. The highest BCUT2D eigenvalue weighted by Crippen LogP contribution is 2.32. The smallest absolute Gasteiger partial charge is 0.117 e. The van der Waals surface area contributed by atoms with Crippen molar-refractivity contribution < 1.29 is 5.11 Å². The highest BCUT2D eigenvalue weighted by molar-refractivity contribution is 6.31. The van der Waals surface area contributed by atoms with E-state index in [4.69, 9.17) is 11.6 Å². The Hall–Kier alpha value is -0.730. The van der Waals surface area contributed by atoms with Crippen molar-refractivity contribution in [1.29, 1.82) is 0 Å². The lowest BCUT2D eigenvalue weighted by molar-refractivity contribution is 0.457. The predicted octanol–water partition coefficient (Wildman–Crippen LogP) is 2.51. The van der Waals surface area contributed by atoms with Gasteiger partial charge in [0.25, 0.3) is 0 Å². The molecule has 2 N–H and O–H groups in total. The Morgan fingerprint density at radius 3 is 2.64 bits per heavy atom. The third-order valence-corrected chi connectivity index (χ3v) is 3.09. The summed E-state index contributed by atoms with van der Waals surface area (Å²) >= 11 is 6.08. The van der Waals surface area contributed by atoms with E-state index in [9.17, 15) is 5.11 Å². The number of hydrogen-bond acceptors (Lipinski definition) is 2. The highest BCUT2D eigenvalue weighted by atomic mass is 35.5. The second kappa shape index (κ2) is 4.20. The zero-order chi connectivity index (χ0) is 9.97. The van der Waals surface area contributed by atoms with Crippen LogP contribution in [0.3, 0.4) is 0 Å². The molecule has 76 valence electrons. The van der Waals surface area contributed by atoms with Gasteiger partial charge in [0.15, 0.2) is 0 Å². The summed E-state index contributed by atoms with van der Waals surface area (Å²) in [5, 5.41) is 13.3. The number of halogens is 1. The molecule has 0 aromatic heterocycles. The number of hydrogen-bond donors (Lipinski definition) is 2. The van der Waals surface area contributed by atoms with E-state index in [0.29, 0.717) is 10.9 Å². The molecule has 1 aliphatic heterocycles. The summed E-state index contributed by atoms with van der Waals surface area (Å²) < 4.78 is 0. The molecule has 0 unspecified atom stereocenters. The molecule has 1 heterocycles. The maximum atomic E-state index is 9.24. The van der Waals surface area contributed by atoms with Crippen LogP contribution in [0.5, 0.6) is 5.75 Å². The molecule has 1 aromatic carbocycles. The Labute approximate surface area is 88.9 Å². The first-order valence-electron chi connectivity index (χ1n) is 4.96. The fourth-order valence-corrected chi connectivity index (χ4v) is 2.31. The number of phenols is 1. The zero-order valence-corrected chi connectivity index (χ0v) is 8.72. The van der Waals surface area contributed by atoms with Crippen molar-refractivity contribution in [3.05, 3.63) is 28.8 Å². The van der Waals surface area contributed by atoms with Gasteiger partial charge in [-0.25, -0.2) is 0 Å². The topological polar surface area (TPSA) is 32.3 Å². The van der Waals surface area contributed by atoms with Crippen molar-refractivity contribution in [2.45, 2.75) is 18.8 Å². The predicted molar refractivity (Wildman–Crippen MR) is 58.0 cm³/mol. The molecular formula is C11H14ClNO. The Balaban J connectivity index is 2.22. The fraction of sp³-hybridized carbons (Fsp3) is 0.455. The minimum absolute atomic E-state index is 0.243. The van der Waals surface area contributed by atoms with Crippen LogP contribution in [-0.4, -0.2) is 18.2 Å². The van der Waals surface area contributed by atoms with Crippen LogP contribution in [0.25, 0.3) is 0 Å². The van der Waals surface area contributed by atoms with Gasteiger partial charge in [-0.2, -0.15) is 0 Å². The fourth-order valence-electron chi connectivity index (χ4n) is 1.98. The second-order valence-electron chi connectivity index (χ2n) is 3.73. The Morgan fingerprint density at radius 1 is 1.29 bits per heavy atom.